The van der Waals surface area contributed by atoms with Crippen LogP contribution in [0, 0.1) is 0 Å². The fourth-order valence-corrected chi connectivity index (χ4v) is 2.72. The summed E-state index contributed by atoms with van der Waals surface area (Å²) < 4.78 is 11.0. The third kappa shape index (κ3) is 3.16. The molecule has 1 unspecified atom stereocenters. The molecule has 1 saturated heterocycles. The lowest BCUT2D eigenvalue weighted by molar-refractivity contribution is -0.0159. The zero-order valence-electron chi connectivity index (χ0n) is 11.7. The van der Waals surface area contributed by atoms with Crippen molar-refractivity contribution in [2.45, 2.75) is 37.3 Å². The first-order valence-corrected chi connectivity index (χ1v) is 7.24. The molecule has 3 rings (SSSR count). The lowest BCUT2D eigenvalue weighted by Crippen LogP contribution is -2.42. The van der Waals surface area contributed by atoms with Crippen molar-refractivity contribution in [1.29, 1.82) is 0 Å². The van der Waals surface area contributed by atoms with Crippen molar-refractivity contribution >= 4 is 0 Å². The second-order valence-corrected chi connectivity index (χ2v) is 5.81. The molecule has 0 amide bonds. The quantitative estimate of drug-likeness (QED) is 0.853. The minimum atomic E-state index is -0.117. The van der Waals surface area contributed by atoms with Gasteiger partial charge in [0, 0.05) is 33.2 Å². The van der Waals surface area contributed by atoms with Gasteiger partial charge in [-0.1, -0.05) is 24.3 Å². The summed E-state index contributed by atoms with van der Waals surface area (Å²) in [7, 11) is 1.78. The van der Waals surface area contributed by atoms with Crippen molar-refractivity contribution in [3.8, 4) is 0 Å². The van der Waals surface area contributed by atoms with Crippen LogP contribution in [0.5, 0.6) is 0 Å². The van der Waals surface area contributed by atoms with Crippen molar-refractivity contribution in [2.75, 3.05) is 26.9 Å². The van der Waals surface area contributed by atoms with Crippen LogP contribution in [-0.2, 0) is 16.0 Å². The molecule has 0 radical (unpaired) electrons. The number of nitrogens with one attached hydrogen (secondary N) is 1. The molecular weight excluding hydrogens is 238 g/mol. The number of benzene rings is 1. The predicted octanol–water partition coefficient (Wildman–Crippen LogP) is 2.46. The van der Waals surface area contributed by atoms with Crippen molar-refractivity contribution in [3.05, 3.63) is 35.4 Å². The molecule has 1 aliphatic carbocycles. The molecule has 1 aromatic rings. The Hall–Kier alpha value is -0.900. The number of hydrogen-bond donors (Lipinski definition) is 1. The first-order valence-electron chi connectivity index (χ1n) is 7.24. The molecule has 2 fully saturated rings. The highest BCUT2D eigenvalue weighted by Gasteiger charge is 2.34. The first kappa shape index (κ1) is 13.1. The largest absolute Gasteiger partial charge is 0.378 e. The highest BCUT2D eigenvalue weighted by molar-refractivity contribution is 5.27. The highest BCUT2D eigenvalue weighted by atomic mass is 16.5. The van der Waals surface area contributed by atoms with Gasteiger partial charge in [-0.2, -0.15) is 0 Å². The smallest absolute Gasteiger partial charge is 0.106 e. The number of methoxy groups -OCH3 is 1. The summed E-state index contributed by atoms with van der Waals surface area (Å²) in [5.41, 5.74) is 2.73. The summed E-state index contributed by atoms with van der Waals surface area (Å²) in [6.07, 6.45) is 3.72. The van der Waals surface area contributed by atoms with Gasteiger partial charge in [-0.25, -0.2) is 0 Å². The Balaban J connectivity index is 1.48. The molecule has 1 N–H and O–H groups in total. The van der Waals surface area contributed by atoms with Crippen molar-refractivity contribution in [2.24, 2.45) is 0 Å². The van der Waals surface area contributed by atoms with Gasteiger partial charge in [-0.05, 0) is 29.9 Å². The predicted molar refractivity (Wildman–Crippen MR) is 75.3 cm³/mol. The maximum atomic E-state index is 5.61. The molecule has 19 heavy (non-hydrogen) atoms. The first-order chi connectivity index (χ1) is 9.31. The van der Waals surface area contributed by atoms with Crippen LogP contribution in [0.3, 0.4) is 0 Å². The topological polar surface area (TPSA) is 30.5 Å². The van der Waals surface area contributed by atoms with Crippen LogP contribution < -0.4 is 5.32 Å². The Morgan fingerprint density at radius 2 is 2.11 bits per heavy atom. The van der Waals surface area contributed by atoms with Crippen molar-refractivity contribution in [3.63, 3.8) is 0 Å². The minimum Gasteiger partial charge on any atom is -0.378 e. The fraction of sp³-hybridized carbons (Fsp3) is 0.625. The maximum absolute atomic E-state index is 5.61. The Labute approximate surface area is 115 Å². The van der Waals surface area contributed by atoms with Gasteiger partial charge in [-0.15, -0.1) is 0 Å². The molecule has 3 nitrogen and oxygen atoms in total. The average Bonchev–Trinajstić information content (AvgIpc) is 3.20. The van der Waals surface area contributed by atoms with E-state index in [9.17, 15) is 0 Å². The zero-order valence-corrected chi connectivity index (χ0v) is 11.7. The molecule has 0 aromatic heterocycles. The van der Waals surface area contributed by atoms with E-state index in [-0.39, 0.29) is 5.60 Å². The molecule has 1 saturated carbocycles. The lowest BCUT2D eigenvalue weighted by atomic mass is 10.0. The van der Waals surface area contributed by atoms with Gasteiger partial charge in [0.1, 0.15) is 5.60 Å². The van der Waals surface area contributed by atoms with Crippen LogP contribution >= 0.6 is 0 Å². The second kappa shape index (κ2) is 5.61. The van der Waals surface area contributed by atoms with E-state index < -0.39 is 0 Å². The fourth-order valence-electron chi connectivity index (χ4n) is 2.72. The van der Waals surface area contributed by atoms with E-state index >= 15 is 0 Å². The Bertz CT molecular complexity index is 405. The van der Waals surface area contributed by atoms with Crippen LogP contribution in [-0.4, -0.2) is 32.5 Å². The van der Waals surface area contributed by atoms with Crippen molar-refractivity contribution in [1.82, 2.24) is 5.32 Å². The molecule has 2 aliphatic rings. The van der Waals surface area contributed by atoms with E-state index in [1.165, 1.54) is 24.0 Å². The molecular formula is C16H23NO2. The second-order valence-electron chi connectivity index (χ2n) is 5.81. The molecule has 0 spiro atoms. The van der Waals surface area contributed by atoms with Crippen LogP contribution in [0.15, 0.2) is 24.3 Å². The number of hydrogen-bond acceptors (Lipinski definition) is 3. The molecule has 3 heteroatoms. The van der Waals surface area contributed by atoms with E-state index in [1.807, 2.05) is 0 Å². The Morgan fingerprint density at radius 3 is 2.68 bits per heavy atom. The van der Waals surface area contributed by atoms with Gasteiger partial charge in [-0.3, -0.25) is 0 Å². The maximum Gasteiger partial charge on any atom is 0.106 e. The SMILES string of the molecule is COC1(CNCc2ccc(C3CC3)cc2)CCOC1. The summed E-state index contributed by atoms with van der Waals surface area (Å²) in [6, 6.07) is 9.04. The molecule has 104 valence electrons. The van der Waals surface area contributed by atoms with Crippen LogP contribution in [0.25, 0.3) is 0 Å². The van der Waals surface area contributed by atoms with E-state index in [2.05, 4.69) is 29.6 Å². The summed E-state index contributed by atoms with van der Waals surface area (Å²) in [5.74, 6) is 0.842. The molecule has 1 aliphatic heterocycles. The normalized spacial score (nSPS) is 26.8. The van der Waals surface area contributed by atoms with Gasteiger partial charge in [0.05, 0.1) is 6.61 Å². The summed E-state index contributed by atoms with van der Waals surface area (Å²) >= 11 is 0. The third-order valence-corrected chi connectivity index (χ3v) is 4.30. The Kier molecular flexibility index (Phi) is 3.87. The zero-order chi connectivity index (χ0) is 13.1. The van der Waals surface area contributed by atoms with E-state index in [0.29, 0.717) is 6.61 Å². The van der Waals surface area contributed by atoms with Crippen LogP contribution in [0.2, 0.25) is 0 Å². The minimum absolute atomic E-state index is 0.117. The standard InChI is InChI=1S/C16H23NO2/c1-18-16(8-9-19-12-16)11-17-10-13-2-4-14(5-3-13)15-6-7-15/h2-5,15,17H,6-12H2,1H3. The van der Waals surface area contributed by atoms with Gasteiger partial charge in [0.15, 0.2) is 0 Å². The van der Waals surface area contributed by atoms with Gasteiger partial charge in [0.2, 0.25) is 0 Å². The van der Waals surface area contributed by atoms with Gasteiger partial charge in [0.25, 0.3) is 0 Å². The average molecular weight is 261 g/mol. The molecule has 0 bridgehead atoms. The van der Waals surface area contributed by atoms with E-state index in [0.717, 1.165) is 32.0 Å². The third-order valence-electron chi connectivity index (χ3n) is 4.30. The van der Waals surface area contributed by atoms with Crippen LogP contribution in [0.4, 0.5) is 0 Å². The lowest BCUT2D eigenvalue weighted by Gasteiger charge is -2.26. The molecule has 1 heterocycles. The monoisotopic (exact) mass is 261 g/mol. The number of ether oxygens (including phenoxy) is 2. The number of rotatable bonds is 6. The Morgan fingerprint density at radius 1 is 1.32 bits per heavy atom. The van der Waals surface area contributed by atoms with Gasteiger partial charge >= 0.3 is 0 Å². The summed E-state index contributed by atoms with van der Waals surface area (Å²) in [4.78, 5) is 0. The van der Waals surface area contributed by atoms with Gasteiger partial charge < -0.3 is 14.8 Å². The van der Waals surface area contributed by atoms with E-state index in [4.69, 9.17) is 9.47 Å². The summed E-state index contributed by atoms with van der Waals surface area (Å²) in [5, 5.41) is 3.49. The van der Waals surface area contributed by atoms with E-state index in [1.54, 1.807) is 7.11 Å². The van der Waals surface area contributed by atoms with Crippen LogP contribution in [0.1, 0.15) is 36.3 Å². The molecule has 1 aromatic carbocycles. The summed E-state index contributed by atoms with van der Waals surface area (Å²) in [6.45, 7) is 3.27. The van der Waals surface area contributed by atoms with Crippen molar-refractivity contribution < 1.29 is 9.47 Å². The highest BCUT2D eigenvalue weighted by Crippen LogP contribution is 2.39. The molecule has 1 atom stereocenters.